The van der Waals surface area contributed by atoms with Gasteiger partial charge in [-0.2, -0.15) is 10.5 Å². The highest BCUT2D eigenvalue weighted by molar-refractivity contribution is 6.33. The van der Waals surface area contributed by atoms with Crippen molar-refractivity contribution in [2.24, 2.45) is 0 Å². The van der Waals surface area contributed by atoms with Crippen LogP contribution in [0.5, 0.6) is 0 Å². The number of hydrogen-bond acceptors (Lipinski definition) is 5. The molecule has 0 spiro atoms. The fourth-order valence-electron chi connectivity index (χ4n) is 2.96. The fraction of sp³-hybridized carbons (Fsp3) is 0.238. The lowest BCUT2D eigenvalue weighted by Gasteiger charge is -2.18. The Morgan fingerprint density at radius 1 is 1.21 bits per heavy atom. The molecule has 2 aromatic rings. The minimum Gasteiger partial charge on any atom is -0.371 e. The zero-order valence-corrected chi connectivity index (χ0v) is 16.7. The minimum absolute atomic E-state index is 0.363. The van der Waals surface area contributed by atoms with Crippen LogP contribution in [0.25, 0.3) is 0 Å². The van der Waals surface area contributed by atoms with E-state index in [-0.39, 0.29) is 0 Å². The number of rotatable bonds is 5. The maximum atomic E-state index is 11.2. The van der Waals surface area contributed by atoms with Crippen LogP contribution in [0.4, 0.5) is 5.69 Å². The van der Waals surface area contributed by atoms with E-state index in [2.05, 4.69) is 23.3 Å². The van der Waals surface area contributed by atoms with E-state index in [9.17, 15) is 9.59 Å². The van der Waals surface area contributed by atoms with Crippen molar-refractivity contribution in [3.05, 3.63) is 63.7 Å². The highest BCUT2D eigenvalue weighted by Crippen LogP contribution is 2.35. The second kappa shape index (κ2) is 10.7. The van der Waals surface area contributed by atoms with E-state index in [1.54, 1.807) is 0 Å². The number of fused-ring (bicyclic) bond motifs is 1. The summed E-state index contributed by atoms with van der Waals surface area (Å²) in [5.41, 5.74) is 7.97. The Bertz CT molecular complexity index is 961. The van der Waals surface area contributed by atoms with Crippen LogP contribution in [0, 0.1) is 22.7 Å². The van der Waals surface area contributed by atoms with Gasteiger partial charge >= 0.3 is 0 Å². The van der Waals surface area contributed by atoms with Crippen molar-refractivity contribution in [3.63, 3.8) is 0 Å². The molecule has 1 aliphatic heterocycles. The molecule has 7 nitrogen and oxygen atoms in total. The summed E-state index contributed by atoms with van der Waals surface area (Å²) in [6, 6.07) is 13.9. The number of carbonyl (C=O) groups excluding carboxylic acids is 2. The van der Waals surface area contributed by atoms with Gasteiger partial charge in [-0.1, -0.05) is 18.5 Å². The summed E-state index contributed by atoms with van der Waals surface area (Å²) in [5.74, 6) is -0.429. The first-order chi connectivity index (χ1) is 14.0. The lowest BCUT2D eigenvalue weighted by molar-refractivity contribution is -0.110. The molecule has 0 atom stereocenters. The van der Waals surface area contributed by atoms with Crippen molar-refractivity contribution in [3.8, 4) is 12.1 Å². The summed E-state index contributed by atoms with van der Waals surface area (Å²) in [5, 5.41) is 18.0. The van der Waals surface area contributed by atoms with Crippen molar-refractivity contribution in [1.82, 2.24) is 10.9 Å². The number of hydrogen-bond donors (Lipinski definition) is 2. The molecule has 2 N–H and O–H groups in total. The zero-order chi connectivity index (χ0) is 21.2. The molecule has 0 aliphatic carbocycles. The second-order valence-corrected chi connectivity index (χ2v) is 6.56. The first kappa shape index (κ1) is 21.7. The van der Waals surface area contributed by atoms with Gasteiger partial charge in [0, 0.05) is 24.3 Å². The summed E-state index contributed by atoms with van der Waals surface area (Å²) < 4.78 is 0. The van der Waals surface area contributed by atoms with Crippen molar-refractivity contribution >= 4 is 29.6 Å². The fourth-order valence-corrected chi connectivity index (χ4v) is 3.26. The lowest BCUT2D eigenvalue weighted by atomic mass is 10.1. The summed E-state index contributed by atoms with van der Waals surface area (Å²) in [4.78, 5) is 23.4. The van der Waals surface area contributed by atoms with E-state index in [0.29, 0.717) is 28.1 Å². The summed E-state index contributed by atoms with van der Waals surface area (Å²) in [6.45, 7) is 4.26. The predicted molar refractivity (Wildman–Crippen MR) is 110 cm³/mol. The molecule has 0 bridgehead atoms. The highest BCUT2D eigenvalue weighted by atomic mass is 35.5. The molecule has 0 aromatic heterocycles. The van der Waals surface area contributed by atoms with Gasteiger partial charge < -0.3 is 4.90 Å². The van der Waals surface area contributed by atoms with E-state index in [1.807, 2.05) is 23.6 Å². The molecule has 3 rings (SSSR count). The van der Waals surface area contributed by atoms with Gasteiger partial charge in [0.15, 0.2) is 0 Å². The van der Waals surface area contributed by atoms with E-state index >= 15 is 0 Å². The Balaban J connectivity index is 0.000000208. The molecule has 29 heavy (non-hydrogen) atoms. The van der Waals surface area contributed by atoms with Gasteiger partial charge in [-0.3, -0.25) is 20.4 Å². The molecular weight excluding hydrogens is 390 g/mol. The molecule has 1 heterocycles. The maximum Gasteiger partial charge on any atom is 0.269 e. The third-order valence-electron chi connectivity index (χ3n) is 4.33. The van der Waals surface area contributed by atoms with Gasteiger partial charge in [0.05, 0.1) is 22.2 Å². The molecular formula is C21H20ClN5O2. The molecule has 0 unspecified atom stereocenters. The number of halogens is 1. The first-order valence-corrected chi connectivity index (χ1v) is 9.39. The maximum absolute atomic E-state index is 11.2. The number of anilines is 1. The quantitative estimate of drug-likeness (QED) is 0.582. The normalized spacial score (nSPS) is 11.2. The van der Waals surface area contributed by atoms with Crippen LogP contribution in [-0.4, -0.2) is 25.4 Å². The van der Waals surface area contributed by atoms with E-state index in [4.69, 9.17) is 22.1 Å². The van der Waals surface area contributed by atoms with Gasteiger partial charge in [0.2, 0.25) is 6.41 Å². The first-order valence-electron chi connectivity index (χ1n) is 9.01. The van der Waals surface area contributed by atoms with Crippen molar-refractivity contribution in [2.75, 3.05) is 18.0 Å². The Hall–Kier alpha value is -3.55. The number of hydrazine groups is 1. The number of nitriles is 2. The van der Waals surface area contributed by atoms with Gasteiger partial charge in [-0.15, -0.1) is 0 Å². The van der Waals surface area contributed by atoms with Crippen LogP contribution >= 0.6 is 11.6 Å². The third kappa shape index (κ3) is 5.47. The number of benzene rings is 2. The van der Waals surface area contributed by atoms with E-state index in [1.165, 1.54) is 30.0 Å². The molecule has 1 aliphatic rings. The monoisotopic (exact) mass is 409 g/mol. The van der Waals surface area contributed by atoms with Crippen molar-refractivity contribution < 1.29 is 9.59 Å². The van der Waals surface area contributed by atoms with Gasteiger partial charge in [0.1, 0.15) is 6.07 Å². The number of nitrogens with zero attached hydrogens (tertiary/aromatic N) is 3. The molecule has 8 heteroatoms. The van der Waals surface area contributed by atoms with Crippen LogP contribution in [0.15, 0.2) is 36.4 Å². The lowest BCUT2D eigenvalue weighted by Crippen LogP contribution is -2.36. The standard InChI is InChI=1S/C12H13ClN2.C9H7N3O2/c1-2-6-15-7-5-10-11(15)4-3-9(8-14)12(10)13;10-5-7-1-3-8(4-2-7)9(14)12-11-6-13/h3-4H,2,5-7H2,1H3;1-4,6H,(H,11,13)(H,12,14). The van der Waals surface area contributed by atoms with Crippen molar-refractivity contribution in [2.45, 2.75) is 19.8 Å². The number of nitrogens with one attached hydrogen (secondary N) is 2. The summed E-state index contributed by atoms with van der Waals surface area (Å²) >= 11 is 6.17. The van der Waals surface area contributed by atoms with Crippen LogP contribution < -0.4 is 15.8 Å². The molecule has 0 saturated heterocycles. The largest absolute Gasteiger partial charge is 0.371 e. The Kier molecular flexibility index (Phi) is 8.02. The predicted octanol–water partition coefficient (Wildman–Crippen LogP) is 2.93. The van der Waals surface area contributed by atoms with Crippen molar-refractivity contribution in [1.29, 1.82) is 10.5 Å². The van der Waals surface area contributed by atoms with E-state index < -0.39 is 5.91 Å². The SMILES string of the molecule is CCCN1CCc2c1ccc(C#N)c2Cl.N#Cc1ccc(C(=O)NNC=O)cc1. The molecule has 2 aromatic carbocycles. The summed E-state index contributed by atoms with van der Waals surface area (Å²) in [7, 11) is 0. The Morgan fingerprint density at radius 2 is 1.93 bits per heavy atom. The molecule has 148 valence electrons. The van der Waals surface area contributed by atoms with Crippen LogP contribution in [-0.2, 0) is 11.2 Å². The molecule has 0 radical (unpaired) electrons. The Labute approximate surface area is 174 Å². The van der Waals surface area contributed by atoms with Gasteiger partial charge in [0.25, 0.3) is 5.91 Å². The molecule has 0 fully saturated rings. The van der Waals surface area contributed by atoms with Gasteiger partial charge in [-0.05, 0) is 54.8 Å². The topological polar surface area (TPSA) is 109 Å². The molecule has 2 amide bonds. The number of carbonyl (C=O) groups is 2. The average molecular weight is 410 g/mol. The smallest absolute Gasteiger partial charge is 0.269 e. The second-order valence-electron chi connectivity index (χ2n) is 6.18. The van der Waals surface area contributed by atoms with Crippen LogP contribution in [0.3, 0.4) is 0 Å². The van der Waals surface area contributed by atoms with Crippen LogP contribution in [0.2, 0.25) is 5.02 Å². The van der Waals surface area contributed by atoms with Gasteiger partial charge in [-0.25, -0.2) is 0 Å². The summed E-state index contributed by atoms with van der Waals surface area (Å²) in [6.07, 6.45) is 2.46. The number of amides is 2. The Morgan fingerprint density at radius 3 is 2.52 bits per heavy atom. The van der Waals surface area contributed by atoms with E-state index in [0.717, 1.165) is 31.5 Å². The third-order valence-corrected chi connectivity index (χ3v) is 4.76. The molecule has 0 saturated carbocycles. The zero-order valence-electron chi connectivity index (χ0n) is 15.9. The highest BCUT2D eigenvalue weighted by Gasteiger charge is 2.22. The van der Waals surface area contributed by atoms with Crippen LogP contribution in [0.1, 0.15) is 40.4 Å². The average Bonchev–Trinajstić information content (AvgIpc) is 3.17. The minimum atomic E-state index is -0.429.